The number of nitrogens with one attached hydrogen (secondary N) is 2. The van der Waals surface area contributed by atoms with E-state index in [1.54, 1.807) is 12.1 Å². The summed E-state index contributed by atoms with van der Waals surface area (Å²) in [5.74, 6) is -1.55. The predicted octanol–water partition coefficient (Wildman–Crippen LogP) is 2.41. The topological polar surface area (TPSA) is 76.1 Å². The zero-order chi connectivity index (χ0) is 16.2. The molecule has 2 N–H and O–H groups in total. The minimum absolute atomic E-state index is 0.313. The van der Waals surface area contributed by atoms with Crippen LogP contribution < -0.4 is 10.6 Å². The van der Waals surface area contributed by atoms with Crippen LogP contribution in [0, 0.1) is 11.6 Å². The van der Waals surface area contributed by atoms with Crippen molar-refractivity contribution in [2.75, 3.05) is 11.9 Å². The van der Waals surface area contributed by atoms with Crippen LogP contribution in [0.5, 0.6) is 0 Å². The van der Waals surface area contributed by atoms with E-state index in [1.165, 1.54) is 12.3 Å². The first kappa shape index (κ1) is 15.3. The second-order valence-corrected chi connectivity index (χ2v) is 5.07. The molecule has 1 aliphatic rings. The van der Waals surface area contributed by atoms with Crippen LogP contribution in [-0.4, -0.2) is 28.9 Å². The number of benzene rings is 1. The second-order valence-electron chi connectivity index (χ2n) is 5.07. The SMILES string of the molecule is O=C(Nc1cccnn1)N[C@H]1CCO[C@H]1c1ccc(F)c(F)c1. The summed E-state index contributed by atoms with van der Waals surface area (Å²) in [6, 6.07) is 6.01. The van der Waals surface area contributed by atoms with Crippen LogP contribution in [0.2, 0.25) is 0 Å². The highest BCUT2D eigenvalue weighted by molar-refractivity contribution is 5.88. The van der Waals surface area contributed by atoms with Gasteiger partial charge in [-0.1, -0.05) is 6.07 Å². The van der Waals surface area contributed by atoms with E-state index < -0.39 is 23.8 Å². The number of hydrogen-bond acceptors (Lipinski definition) is 4. The molecular weight excluding hydrogens is 306 g/mol. The highest BCUT2D eigenvalue weighted by Crippen LogP contribution is 2.30. The Morgan fingerprint density at radius 2 is 2.13 bits per heavy atom. The number of hydrogen-bond donors (Lipinski definition) is 2. The molecule has 0 radical (unpaired) electrons. The summed E-state index contributed by atoms with van der Waals surface area (Å²) in [6.07, 6.45) is 1.53. The molecule has 0 bridgehead atoms. The number of rotatable bonds is 3. The highest BCUT2D eigenvalue weighted by atomic mass is 19.2. The second kappa shape index (κ2) is 6.66. The zero-order valence-corrected chi connectivity index (χ0v) is 12.0. The number of carbonyl (C=O) groups is 1. The van der Waals surface area contributed by atoms with Crippen molar-refractivity contribution >= 4 is 11.8 Å². The lowest BCUT2D eigenvalue weighted by atomic mass is 10.0. The Hall–Kier alpha value is -2.61. The molecular formula is C15H14F2N4O2. The molecule has 2 amide bonds. The van der Waals surface area contributed by atoms with Crippen molar-refractivity contribution in [2.45, 2.75) is 18.6 Å². The summed E-state index contributed by atoms with van der Waals surface area (Å²) < 4.78 is 31.9. The molecule has 1 saturated heterocycles. The van der Waals surface area contributed by atoms with Crippen LogP contribution in [0.1, 0.15) is 18.1 Å². The van der Waals surface area contributed by atoms with Gasteiger partial charge in [-0.3, -0.25) is 5.32 Å². The minimum atomic E-state index is -0.944. The predicted molar refractivity (Wildman–Crippen MR) is 77.6 cm³/mol. The van der Waals surface area contributed by atoms with Crippen LogP contribution in [0.4, 0.5) is 19.4 Å². The molecule has 8 heteroatoms. The normalized spacial score (nSPS) is 20.3. The summed E-state index contributed by atoms with van der Waals surface area (Å²) in [5.41, 5.74) is 0.478. The molecule has 2 atom stereocenters. The van der Waals surface area contributed by atoms with Gasteiger partial charge in [0.15, 0.2) is 17.5 Å². The fraction of sp³-hybridized carbons (Fsp3) is 0.267. The van der Waals surface area contributed by atoms with Gasteiger partial charge in [0.05, 0.1) is 6.04 Å². The smallest absolute Gasteiger partial charge is 0.320 e. The van der Waals surface area contributed by atoms with Crippen LogP contribution >= 0.6 is 0 Å². The summed E-state index contributed by atoms with van der Waals surface area (Å²) >= 11 is 0. The van der Waals surface area contributed by atoms with Gasteiger partial charge in [-0.05, 0) is 36.2 Å². The maximum atomic E-state index is 13.4. The average molecular weight is 320 g/mol. The van der Waals surface area contributed by atoms with E-state index in [4.69, 9.17) is 4.74 Å². The summed E-state index contributed by atoms with van der Waals surface area (Å²) in [6.45, 7) is 0.416. The molecule has 3 rings (SSSR count). The molecule has 120 valence electrons. The lowest BCUT2D eigenvalue weighted by Gasteiger charge is -2.20. The fourth-order valence-corrected chi connectivity index (χ4v) is 2.44. The maximum Gasteiger partial charge on any atom is 0.320 e. The van der Waals surface area contributed by atoms with Gasteiger partial charge >= 0.3 is 6.03 Å². The molecule has 1 aromatic carbocycles. The number of urea groups is 1. The van der Waals surface area contributed by atoms with E-state index >= 15 is 0 Å². The van der Waals surface area contributed by atoms with Crippen LogP contribution in [0.15, 0.2) is 36.5 Å². The first-order chi connectivity index (χ1) is 11.1. The third-order valence-corrected chi connectivity index (χ3v) is 3.49. The molecule has 1 fully saturated rings. The largest absolute Gasteiger partial charge is 0.371 e. The van der Waals surface area contributed by atoms with E-state index in [0.29, 0.717) is 24.4 Å². The highest BCUT2D eigenvalue weighted by Gasteiger charge is 2.31. The lowest BCUT2D eigenvalue weighted by molar-refractivity contribution is 0.100. The Morgan fingerprint density at radius 3 is 2.87 bits per heavy atom. The lowest BCUT2D eigenvalue weighted by Crippen LogP contribution is -2.39. The quantitative estimate of drug-likeness (QED) is 0.910. The number of halogens is 2. The van der Waals surface area contributed by atoms with Gasteiger partial charge in [0, 0.05) is 12.8 Å². The van der Waals surface area contributed by atoms with Gasteiger partial charge in [-0.2, -0.15) is 5.10 Å². The number of nitrogens with zero attached hydrogens (tertiary/aromatic N) is 2. The van der Waals surface area contributed by atoms with Crippen molar-refractivity contribution in [2.24, 2.45) is 0 Å². The molecule has 23 heavy (non-hydrogen) atoms. The Bertz CT molecular complexity index is 699. The van der Waals surface area contributed by atoms with Crippen LogP contribution in [0.3, 0.4) is 0 Å². The average Bonchev–Trinajstić information content (AvgIpc) is 2.99. The number of anilines is 1. The summed E-state index contributed by atoms with van der Waals surface area (Å²) in [4.78, 5) is 12.0. The van der Waals surface area contributed by atoms with Gasteiger partial charge in [-0.25, -0.2) is 13.6 Å². The van der Waals surface area contributed by atoms with Crippen LogP contribution in [-0.2, 0) is 4.74 Å². The molecule has 0 aliphatic carbocycles. The van der Waals surface area contributed by atoms with Gasteiger partial charge in [0.1, 0.15) is 6.10 Å². The van der Waals surface area contributed by atoms with Gasteiger partial charge in [0.25, 0.3) is 0 Å². The zero-order valence-electron chi connectivity index (χ0n) is 12.0. The maximum absolute atomic E-state index is 13.4. The fourth-order valence-electron chi connectivity index (χ4n) is 2.44. The Morgan fingerprint density at radius 1 is 1.26 bits per heavy atom. The molecule has 6 nitrogen and oxygen atoms in total. The first-order valence-corrected chi connectivity index (χ1v) is 7.05. The molecule has 1 aromatic heterocycles. The van der Waals surface area contributed by atoms with E-state index in [0.717, 1.165) is 12.1 Å². The molecule has 2 heterocycles. The van der Waals surface area contributed by atoms with Crippen LogP contribution in [0.25, 0.3) is 0 Å². The number of carbonyl (C=O) groups excluding carboxylic acids is 1. The Balaban J connectivity index is 1.67. The van der Waals surface area contributed by atoms with Crippen molar-refractivity contribution in [3.8, 4) is 0 Å². The molecule has 0 spiro atoms. The summed E-state index contributed by atoms with van der Waals surface area (Å²) in [7, 11) is 0. The Labute approximate surface area is 130 Å². The molecule has 1 aliphatic heterocycles. The minimum Gasteiger partial charge on any atom is -0.371 e. The standard InChI is InChI=1S/C15H14F2N4O2/c16-10-4-3-9(8-11(10)17)14-12(5-7-23-14)19-15(22)20-13-2-1-6-18-21-13/h1-4,6,8,12,14H,5,7H2,(H2,19,20,21,22)/t12-,14-/m0/s1. The first-order valence-electron chi connectivity index (χ1n) is 7.05. The molecule has 0 unspecified atom stereocenters. The van der Waals surface area contributed by atoms with Crippen molar-refractivity contribution in [3.63, 3.8) is 0 Å². The van der Waals surface area contributed by atoms with Gasteiger partial charge in [-0.15, -0.1) is 5.10 Å². The van der Waals surface area contributed by atoms with E-state index in [9.17, 15) is 13.6 Å². The van der Waals surface area contributed by atoms with E-state index in [1.807, 2.05) is 0 Å². The van der Waals surface area contributed by atoms with Crippen molar-refractivity contribution in [1.29, 1.82) is 0 Å². The van der Waals surface area contributed by atoms with Gasteiger partial charge in [0.2, 0.25) is 0 Å². The number of amides is 2. The van der Waals surface area contributed by atoms with Crippen molar-refractivity contribution in [3.05, 3.63) is 53.7 Å². The van der Waals surface area contributed by atoms with Crippen molar-refractivity contribution in [1.82, 2.24) is 15.5 Å². The number of aromatic nitrogens is 2. The molecule has 2 aromatic rings. The third-order valence-electron chi connectivity index (χ3n) is 3.49. The third kappa shape index (κ3) is 3.59. The van der Waals surface area contributed by atoms with Gasteiger partial charge < -0.3 is 10.1 Å². The number of ether oxygens (including phenoxy) is 1. The van der Waals surface area contributed by atoms with E-state index in [2.05, 4.69) is 20.8 Å². The Kier molecular flexibility index (Phi) is 4.42. The van der Waals surface area contributed by atoms with E-state index in [-0.39, 0.29) is 6.04 Å². The summed E-state index contributed by atoms with van der Waals surface area (Å²) in [5, 5.41) is 12.7. The van der Waals surface area contributed by atoms with Crippen molar-refractivity contribution < 1.29 is 18.3 Å². The molecule has 0 saturated carbocycles. The monoisotopic (exact) mass is 320 g/mol.